The summed E-state index contributed by atoms with van der Waals surface area (Å²) >= 11 is 0. The van der Waals surface area contributed by atoms with E-state index >= 15 is 0 Å². The van der Waals surface area contributed by atoms with Gasteiger partial charge in [0.1, 0.15) is 17.9 Å². The molecule has 0 aromatic heterocycles. The highest BCUT2D eigenvalue weighted by Crippen LogP contribution is 2.35. The van der Waals surface area contributed by atoms with Gasteiger partial charge in [-0.1, -0.05) is 24.3 Å². The van der Waals surface area contributed by atoms with Crippen LogP contribution in [0.25, 0.3) is 0 Å². The standard InChI is InChI=1S/C27H33NO11/c1-15(2)34-25(31)38-21-12-11-18(14-22(21)39-26(32)35-16(3)4)20(23(28)24(29)30)13-17(5)36-27(33)37-19-9-7-6-8-10-19/h6-12,14-17,20,23H,13,28H2,1-5H3,(H,29,30)/t17?,20?,23-/m0/s1. The van der Waals surface area contributed by atoms with Gasteiger partial charge in [0.15, 0.2) is 11.5 Å². The monoisotopic (exact) mass is 547 g/mol. The van der Waals surface area contributed by atoms with Crippen molar-refractivity contribution in [2.45, 2.75) is 71.3 Å². The van der Waals surface area contributed by atoms with Gasteiger partial charge in [0.25, 0.3) is 0 Å². The summed E-state index contributed by atoms with van der Waals surface area (Å²) < 4.78 is 30.8. The van der Waals surface area contributed by atoms with Crippen molar-refractivity contribution < 1.29 is 52.7 Å². The summed E-state index contributed by atoms with van der Waals surface area (Å²) in [5, 5.41) is 9.63. The van der Waals surface area contributed by atoms with Crippen LogP contribution in [0.2, 0.25) is 0 Å². The minimum absolute atomic E-state index is 0.0389. The maximum Gasteiger partial charge on any atom is 0.514 e. The number of carboxylic acids is 1. The number of rotatable bonds is 11. The zero-order valence-electron chi connectivity index (χ0n) is 22.3. The maximum atomic E-state index is 12.2. The minimum Gasteiger partial charge on any atom is -0.480 e. The second-order valence-electron chi connectivity index (χ2n) is 9.04. The Morgan fingerprint density at radius 3 is 1.82 bits per heavy atom. The molecule has 3 N–H and O–H groups in total. The molecular weight excluding hydrogens is 514 g/mol. The number of hydrogen-bond acceptors (Lipinski definition) is 11. The molecule has 0 spiro atoms. The molecule has 0 aliphatic rings. The van der Waals surface area contributed by atoms with Crippen molar-refractivity contribution in [3.05, 3.63) is 54.1 Å². The van der Waals surface area contributed by atoms with Gasteiger partial charge in [0.05, 0.1) is 12.2 Å². The second-order valence-corrected chi connectivity index (χ2v) is 9.04. The van der Waals surface area contributed by atoms with Crippen molar-refractivity contribution in [3.8, 4) is 17.2 Å². The van der Waals surface area contributed by atoms with Crippen LogP contribution in [0, 0.1) is 0 Å². The molecular formula is C27H33NO11. The lowest BCUT2D eigenvalue weighted by Crippen LogP contribution is -2.38. The van der Waals surface area contributed by atoms with Gasteiger partial charge in [0.2, 0.25) is 0 Å². The molecule has 0 aliphatic carbocycles. The van der Waals surface area contributed by atoms with Gasteiger partial charge >= 0.3 is 24.4 Å². The number of benzene rings is 2. The zero-order chi connectivity index (χ0) is 29.1. The number of carbonyl (C=O) groups is 4. The Bertz CT molecular complexity index is 1130. The molecule has 0 bridgehead atoms. The molecule has 12 heteroatoms. The SMILES string of the molecule is CC(C)OC(=O)Oc1ccc(C(CC(C)OC(=O)Oc2ccccc2)[C@H](N)C(=O)O)cc1OC(=O)OC(C)C. The van der Waals surface area contributed by atoms with Crippen LogP contribution in [0.1, 0.15) is 52.5 Å². The summed E-state index contributed by atoms with van der Waals surface area (Å²) in [6.07, 6.45) is -4.95. The summed E-state index contributed by atoms with van der Waals surface area (Å²) in [6, 6.07) is 10.9. The van der Waals surface area contributed by atoms with Crippen LogP contribution < -0.4 is 19.9 Å². The fraction of sp³-hybridized carbons (Fsp3) is 0.407. The molecule has 0 saturated heterocycles. The Labute approximate surface area is 225 Å². The molecule has 0 fully saturated rings. The molecule has 39 heavy (non-hydrogen) atoms. The lowest BCUT2D eigenvalue weighted by molar-refractivity contribution is -0.139. The van der Waals surface area contributed by atoms with E-state index in [0.717, 1.165) is 0 Å². The van der Waals surface area contributed by atoms with Crippen molar-refractivity contribution >= 4 is 24.4 Å². The van der Waals surface area contributed by atoms with Crippen LogP contribution in [0.4, 0.5) is 14.4 Å². The van der Waals surface area contributed by atoms with Crippen LogP contribution in [0.3, 0.4) is 0 Å². The summed E-state index contributed by atoms with van der Waals surface area (Å²) in [4.78, 5) is 48.3. The normalized spacial score (nSPS) is 13.1. The average Bonchev–Trinajstić information content (AvgIpc) is 2.82. The van der Waals surface area contributed by atoms with Gasteiger partial charge in [0, 0.05) is 5.92 Å². The molecule has 0 aliphatic heterocycles. The highest BCUT2D eigenvalue weighted by Gasteiger charge is 2.30. The molecule has 2 aromatic rings. The van der Waals surface area contributed by atoms with Crippen LogP contribution in [-0.4, -0.2) is 53.9 Å². The van der Waals surface area contributed by atoms with Gasteiger partial charge < -0.3 is 39.3 Å². The Morgan fingerprint density at radius 1 is 0.744 bits per heavy atom. The predicted octanol–water partition coefficient (Wildman–Crippen LogP) is 5.02. The quantitative estimate of drug-likeness (QED) is 0.219. The number of ether oxygens (including phenoxy) is 6. The van der Waals surface area contributed by atoms with Crippen LogP contribution in [0.15, 0.2) is 48.5 Å². The molecule has 0 radical (unpaired) electrons. The number of carboxylic acid groups (broad SMARTS) is 1. The van der Waals surface area contributed by atoms with Gasteiger partial charge in [-0.05, 0) is 70.9 Å². The van der Waals surface area contributed by atoms with Crippen molar-refractivity contribution in [1.82, 2.24) is 0 Å². The molecule has 2 aromatic carbocycles. The van der Waals surface area contributed by atoms with Crippen molar-refractivity contribution in [1.29, 1.82) is 0 Å². The molecule has 0 saturated carbocycles. The third-order valence-corrected chi connectivity index (χ3v) is 4.99. The van der Waals surface area contributed by atoms with Gasteiger partial charge in [-0.2, -0.15) is 0 Å². The van der Waals surface area contributed by atoms with Crippen LogP contribution in [-0.2, 0) is 19.0 Å². The topological polar surface area (TPSA) is 170 Å². The number of aliphatic carboxylic acids is 1. The van der Waals surface area contributed by atoms with E-state index in [1.54, 1.807) is 65.0 Å². The predicted molar refractivity (Wildman–Crippen MR) is 137 cm³/mol. The third-order valence-electron chi connectivity index (χ3n) is 4.99. The van der Waals surface area contributed by atoms with Crippen LogP contribution in [0.5, 0.6) is 17.2 Å². The molecule has 12 nitrogen and oxygen atoms in total. The fourth-order valence-corrected chi connectivity index (χ4v) is 3.37. The van der Waals surface area contributed by atoms with Crippen LogP contribution >= 0.6 is 0 Å². The Hall–Kier alpha value is -4.32. The fourth-order valence-electron chi connectivity index (χ4n) is 3.37. The summed E-state index contributed by atoms with van der Waals surface area (Å²) in [7, 11) is 0. The lowest BCUT2D eigenvalue weighted by Gasteiger charge is -2.25. The number of para-hydroxylation sites is 1. The van der Waals surface area contributed by atoms with E-state index in [-0.39, 0.29) is 23.7 Å². The molecule has 212 valence electrons. The van der Waals surface area contributed by atoms with E-state index in [9.17, 15) is 24.3 Å². The summed E-state index contributed by atoms with van der Waals surface area (Å²) in [5.41, 5.74) is 6.28. The van der Waals surface area contributed by atoms with E-state index in [4.69, 9.17) is 34.2 Å². The first-order valence-corrected chi connectivity index (χ1v) is 12.2. The molecule has 0 amide bonds. The Morgan fingerprint density at radius 2 is 1.28 bits per heavy atom. The van der Waals surface area contributed by atoms with Gasteiger partial charge in [-0.25, -0.2) is 14.4 Å². The zero-order valence-corrected chi connectivity index (χ0v) is 22.3. The van der Waals surface area contributed by atoms with Crippen molar-refractivity contribution in [2.75, 3.05) is 0 Å². The first-order valence-electron chi connectivity index (χ1n) is 12.2. The first kappa shape index (κ1) is 30.9. The largest absolute Gasteiger partial charge is 0.514 e. The van der Waals surface area contributed by atoms with E-state index < -0.39 is 54.7 Å². The first-order chi connectivity index (χ1) is 18.3. The second kappa shape index (κ2) is 14.6. The molecule has 2 unspecified atom stereocenters. The highest BCUT2D eigenvalue weighted by molar-refractivity contribution is 5.75. The van der Waals surface area contributed by atoms with Gasteiger partial charge in [-0.3, -0.25) is 4.79 Å². The number of nitrogens with two attached hydrogens (primary N) is 1. The summed E-state index contributed by atoms with van der Waals surface area (Å²) in [6.45, 7) is 8.02. The molecule has 0 heterocycles. The highest BCUT2D eigenvalue weighted by atomic mass is 16.8. The molecule has 2 rings (SSSR count). The van der Waals surface area contributed by atoms with Gasteiger partial charge in [-0.15, -0.1) is 0 Å². The maximum absolute atomic E-state index is 12.2. The number of hydrogen-bond donors (Lipinski definition) is 2. The van der Waals surface area contributed by atoms with E-state index in [2.05, 4.69) is 0 Å². The number of carbonyl (C=O) groups excluding carboxylic acids is 3. The van der Waals surface area contributed by atoms with E-state index in [0.29, 0.717) is 5.56 Å². The lowest BCUT2D eigenvalue weighted by atomic mass is 9.87. The van der Waals surface area contributed by atoms with Crippen molar-refractivity contribution in [3.63, 3.8) is 0 Å². The Balaban J connectivity index is 2.31. The van der Waals surface area contributed by atoms with E-state index in [1.807, 2.05) is 0 Å². The minimum atomic E-state index is -1.44. The third kappa shape index (κ3) is 10.5. The average molecular weight is 548 g/mol. The smallest absolute Gasteiger partial charge is 0.480 e. The van der Waals surface area contributed by atoms with E-state index in [1.165, 1.54) is 18.2 Å². The Kier molecular flexibility index (Phi) is 11.5. The van der Waals surface area contributed by atoms with Crippen molar-refractivity contribution in [2.24, 2.45) is 5.73 Å². The summed E-state index contributed by atoms with van der Waals surface area (Å²) in [5.74, 6) is -2.39. The molecule has 3 atom stereocenters.